The highest BCUT2D eigenvalue weighted by Gasteiger charge is 2.45. The van der Waals surface area contributed by atoms with E-state index in [0.717, 1.165) is 0 Å². The molecule has 1 aliphatic carbocycles. The van der Waals surface area contributed by atoms with Gasteiger partial charge in [0, 0.05) is 62.1 Å². The summed E-state index contributed by atoms with van der Waals surface area (Å²) in [6, 6.07) is 0. The molecule has 1 saturated carbocycles. The van der Waals surface area contributed by atoms with Gasteiger partial charge in [0.2, 0.25) is 0 Å². The monoisotopic (exact) mass is 434 g/mol. The first-order valence-corrected chi connectivity index (χ1v) is 11.9. The lowest BCUT2D eigenvalue weighted by atomic mass is 9.65. The molecule has 6 heteroatoms. The average molecular weight is 435 g/mol. The lowest BCUT2D eigenvalue weighted by molar-refractivity contribution is -0.107. The summed E-state index contributed by atoms with van der Waals surface area (Å²) in [5, 5.41) is 47.1. The maximum atomic E-state index is 10.8. The molecule has 1 rings (SSSR count). The summed E-state index contributed by atoms with van der Waals surface area (Å²) in [6.07, 6.45) is -0.952. The van der Waals surface area contributed by atoms with Gasteiger partial charge in [0.05, 0.1) is 12.2 Å². The Kier molecular flexibility index (Phi) is 16.6. The SMILES string of the molecule is CC.CC.CC1C(CNCC(C)(C)CO)[C@@H](O)C(C)C(CNCC(C)(C)CO)[C@H]1O. The van der Waals surface area contributed by atoms with E-state index in [4.69, 9.17) is 0 Å². The summed E-state index contributed by atoms with van der Waals surface area (Å²) in [7, 11) is 0. The number of nitrogens with one attached hydrogen (secondary N) is 2. The molecule has 6 nitrogen and oxygen atoms in total. The number of aliphatic hydroxyl groups excluding tert-OH is 4. The van der Waals surface area contributed by atoms with Crippen LogP contribution in [0.1, 0.15) is 69.2 Å². The minimum Gasteiger partial charge on any atom is -0.396 e. The number of rotatable bonds is 10. The van der Waals surface area contributed by atoms with E-state index in [-0.39, 0.29) is 47.7 Å². The Labute approximate surface area is 186 Å². The Morgan fingerprint density at radius 2 is 0.900 bits per heavy atom. The van der Waals surface area contributed by atoms with Gasteiger partial charge in [-0.05, 0) is 11.8 Å². The summed E-state index contributed by atoms with van der Waals surface area (Å²) >= 11 is 0. The molecule has 0 aromatic heterocycles. The molecule has 0 saturated heterocycles. The summed E-state index contributed by atoms with van der Waals surface area (Å²) in [6.45, 7) is 22.8. The van der Waals surface area contributed by atoms with Crippen molar-refractivity contribution in [3.63, 3.8) is 0 Å². The van der Waals surface area contributed by atoms with E-state index in [2.05, 4.69) is 10.6 Å². The summed E-state index contributed by atoms with van der Waals surface area (Å²) < 4.78 is 0. The van der Waals surface area contributed by atoms with E-state index in [0.29, 0.717) is 26.2 Å². The zero-order chi connectivity index (χ0) is 24.1. The first-order valence-electron chi connectivity index (χ1n) is 11.9. The van der Waals surface area contributed by atoms with Gasteiger partial charge in [0.1, 0.15) is 0 Å². The summed E-state index contributed by atoms with van der Waals surface area (Å²) in [5.41, 5.74) is -0.391. The molecule has 0 spiro atoms. The lowest BCUT2D eigenvalue weighted by Gasteiger charge is -2.47. The van der Waals surface area contributed by atoms with Crippen molar-refractivity contribution in [2.45, 2.75) is 81.4 Å². The molecule has 0 radical (unpaired) electrons. The zero-order valence-corrected chi connectivity index (χ0v) is 21.5. The smallest absolute Gasteiger partial charge is 0.0613 e. The summed E-state index contributed by atoms with van der Waals surface area (Å²) in [4.78, 5) is 0. The van der Waals surface area contributed by atoms with Crippen molar-refractivity contribution in [3.05, 3.63) is 0 Å². The van der Waals surface area contributed by atoms with Crippen LogP contribution in [0, 0.1) is 34.5 Å². The summed E-state index contributed by atoms with van der Waals surface area (Å²) in [5.74, 6) is -0.0496. The third-order valence-electron chi connectivity index (χ3n) is 6.13. The van der Waals surface area contributed by atoms with Crippen LogP contribution in [0.15, 0.2) is 0 Å². The van der Waals surface area contributed by atoms with E-state index < -0.39 is 12.2 Å². The van der Waals surface area contributed by atoms with Crippen molar-refractivity contribution >= 4 is 0 Å². The fourth-order valence-corrected chi connectivity index (χ4v) is 3.79. The van der Waals surface area contributed by atoms with Crippen LogP contribution in [0.4, 0.5) is 0 Å². The van der Waals surface area contributed by atoms with E-state index in [1.165, 1.54) is 0 Å². The fraction of sp³-hybridized carbons (Fsp3) is 1.00. The Morgan fingerprint density at radius 3 is 1.13 bits per heavy atom. The van der Waals surface area contributed by atoms with Gasteiger partial charge in [-0.2, -0.15) is 0 Å². The molecular weight excluding hydrogens is 380 g/mol. The van der Waals surface area contributed by atoms with Crippen LogP contribution in [-0.4, -0.2) is 72.0 Å². The molecule has 0 aliphatic heterocycles. The normalized spacial score (nSPS) is 29.4. The molecule has 30 heavy (non-hydrogen) atoms. The van der Waals surface area contributed by atoms with Crippen LogP contribution in [0.5, 0.6) is 0 Å². The van der Waals surface area contributed by atoms with Gasteiger partial charge in [0.15, 0.2) is 0 Å². The van der Waals surface area contributed by atoms with Gasteiger partial charge in [-0.3, -0.25) is 0 Å². The van der Waals surface area contributed by atoms with Crippen LogP contribution in [-0.2, 0) is 0 Å². The largest absolute Gasteiger partial charge is 0.396 e. The van der Waals surface area contributed by atoms with Crippen LogP contribution < -0.4 is 10.6 Å². The second kappa shape index (κ2) is 15.5. The molecule has 6 atom stereocenters. The average Bonchev–Trinajstić information content (AvgIpc) is 2.74. The predicted molar refractivity (Wildman–Crippen MR) is 127 cm³/mol. The predicted octanol–water partition coefficient (Wildman–Crippen LogP) is 2.50. The Bertz CT molecular complexity index is 364. The minimum absolute atomic E-state index is 0.0106. The molecule has 1 fully saturated rings. The highest BCUT2D eigenvalue weighted by Crippen LogP contribution is 2.38. The van der Waals surface area contributed by atoms with Crippen LogP contribution in [0.2, 0.25) is 0 Å². The molecule has 6 N–H and O–H groups in total. The first-order chi connectivity index (χ1) is 14.0. The van der Waals surface area contributed by atoms with Crippen molar-refractivity contribution in [1.82, 2.24) is 10.6 Å². The van der Waals surface area contributed by atoms with Gasteiger partial charge in [0.25, 0.3) is 0 Å². The maximum Gasteiger partial charge on any atom is 0.0613 e. The van der Waals surface area contributed by atoms with Gasteiger partial charge < -0.3 is 31.1 Å². The second-order valence-electron chi connectivity index (χ2n) is 9.93. The molecule has 0 heterocycles. The molecule has 0 aromatic rings. The van der Waals surface area contributed by atoms with Gasteiger partial charge in [-0.15, -0.1) is 0 Å². The fourth-order valence-electron chi connectivity index (χ4n) is 3.79. The number of hydrogen-bond donors (Lipinski definition) is 6. The van der Waals surface area contributed by atoms with E-state index in [1.807, 2.05) is 69.2 Å². The minimum atomic E-state index is -0.476. The molecule has 184 valence electrons. The van der Waals surface area contributed by atoms with Crippen molar-refractivity contribution in [2.75, 3.05) is 39.4 Å². The van der Waals surface area contributed by atoms with Crippen LogP contribution >= 0.6 is 0 Å². The quantitative estimate of drug-likeness (QED) is 0.316. The molecule has 1 aliphatic rings. The van der Waals surface area contributed by atoms with E-state index in [1.54, 1.807) is 0 Å². The van der Waals surface area contributed by atoms with Crippen LogP contribution in [0.25, 0.3) is 0 Å². The van der Waals surface area contributed by atoms with Crippen molar-refractivity contribution in [3.8, 4) is 0 Å². The molecule has 0 amide bonds. The van der Waals surface area contributed by atoms with Crippen LogP contribution in [0.3, 0.4) is 0 Å². The second-order valence-corrected chi connectivity index (χ2v) is 9.93. The van der Waals surface area contributed by atoms with Gasteiger partial charge in [-0.25, -0.2) is 0 Å². The highest BCUT2D eigenvalue weighted by molar-refractivity contribution is 4.96. The molecular formula is C24H54N2O4. The van der Waals surface area contributed by atoms with Crippen molar-refractivity contribution in [1.29, 1.82) is 0 Å². The van der Waals surface area contributed by atoms with Crippen molar-refractivity contribution < 1.29 is 20.4 Å². The molecule has 4 unspecified atom stereocenters. The molecule has 0 aromatic carbocycles. The zero-order valence-electron chi connectivity index (χ0n) is 21.5. The third kappa shape index (κ3) is 10.4. The van der Waals surface area contributed by atoms with E-state index >= 15 is 0 Å². The Morgan fingerprint density at radius 1 is 0.633 bits per heavy atom. The van der Waals surface area contributed by atoms with E-state index in [9.17, 15) is 20.4 Å². The number of aliphatic hydroxyl groups is 4. The lowest BCUT2D eigenvalue weighted by Crippen LogP contribution is -2.56. The maximum absolute atomic E-state index is 10.8. The molecule has 0 bridgehead atoms. The first kappa shape index (κ1) is 31.9. The highest BCUT2D eigenvalue weighted by atomic mass is 16.3. The van der Waals surface area contributed by atoms with Gasteiger partial charge in [-0.1, -0.05) is 69.2 Å². The third-order valence-corrected chi connectivity index (χ3v) is 6.13. The number of hydrogen-bond acceptors (Lipinski definition) is 6. The standard InChI is InChI=1S/C20H42N2O4.2C2H6/c1-13-15(7-21-9-19(3,4)11-23)18(26)14(2)16(17(13)25)8-22-10-20(5,6)12-24;2*1-2/h13-18,21-26H,7-12H2,1-6H3;2*1-2H3/t13?,14?,15?,16?,17-,18-;;/m0../s1. The van der Waals surface area contributed by atoms with Gasteiger partial charge >= 0.3 is 0 Å². The Hall–Kier alpha value is -0.240. The Balaban J connectivity index is 0. The van der Waals surface area contributed by atoms with Crippen molar-refractivity contribution in [2.24, 2.45) is 34.5 Å². The topological polar surface area (TPSA) is 105 Å².